The van der Waals surface area contributed by atoms with Gasteiger partial charge in [0.25, 0.3) is 5.91 Å². The number of nitrogens with one attached hydrogen (secondary N) is 1. The third-order valence-electron chi connectivity index (χ3n) is 8.43. The van der Waals surface area contributed by atoms with E-state index in [1.807, 2.05) is 65.6 Å². The minimum Gasteiger partial charge on any atom is -0.475 e. The van der Waals surface area contributed by atoms with Gasteiger partial charge in [-0.2, -0.15) is 5.10 Å². The standard InChI is InChI=1S/C33H41N9O4/c1-39-20-27(19-35-39)22-40-14-15-45-16-17-46-32-29(8-5-11-34-32)31(43)36-30(33(44)41-12-9-26(21-40)10-13-41)18-28-24-42(38-37-28)23-25-6-3-2-4-7-25/h2-8,11,19-20,24,26,30H,9-10,12-18,21-23H2,1H3,(H,36,43)/t30-/m1/s1. The smallest absolute Gasteiger partial charge is 0.257 e. The number of benzene rings is 1. The molecular formula is C33H41N9O4. The Kier molecular flexibility index (Phi) is 10.3. The number of carbonyl (C=O) groups is 2. The fourth-order valence-electron chi connectivity index (χ4n) is 6.06. The minimum absolute atomic E-state index is 0.127. The molecule has 0 aliphatic carbocycles. The number of piperidine rings is 1. The van der Waals surface area contributed by atoms with Crippen molar-refractivity contribution in [3.63, 3.8) is 0 Å². The van der Waals surface area contributed by atoms with E-state index in [-0.39, 0.29) is 30.4 Å². The van der Waals surface area contributed by atoms with E-state index in [9.17, 15) is 9.59 Å². The molecule has 2 bridgehead atoms. The zero-order valence-corrected chi connectivity index (χ0v) is 26.2. The molecule has 3 aliphatic heterocycles. The van der Waals surface area contributed by atoms with Crippen molar-refractivity contribution in [3.05, 3.63) is 89.6 Å². The van der Waals surface area contributed by atoms with Crippen LogP contribution in [0.4, 0.5) is 0 Å². The largest absolute Gasteiger partial charge is 0.475 e. The molecule has 1 atom stereocenters. The van der Waals surface area contributed by atoms with Crippen LogP contribution in [-0.2, 0) is 36.1 Å². The Labute approximate surface area is 268 Å². The molecule has 0 unspecified atom stereocenters. The molecule has 1 aromatic carbocycles. The lowest BCUT2D eigenvalue weighted by molar-refractivity contribution is -0.134. The Morgan fingerprint density at radius 2 is 1.78 bits per heavy atom. The summed E-state index contributed by atoms with van der Waals surface area (Å²) in [5, 5.41) is 15.9. The molecule has 2 amide bonds. The SMILES string of the molecule is Cn1cc(CN2CCOCCOc3ncccc3C(=O)N[C@H](Cc3cn(Cc4ccccc4)nn3)C(=O)N3CCC(CC3)C2)cn1. The quantitative estimate of drug-likeness (QED) is 0.319. The Balaban J connectivity index is 1.20. The molecule has 3 aliphatic rings. The van der Waals surface area contributed by atoms with Gasteiger partial charge in [-0.3, -0.25) is 19.2 Å². The number of aryl methyl sites for hydroxylation is 1. The average Bonchev–Trinajstić information content (AvgIpc) is 3.70. The molecule has 46 heavy (non-hydrogen) atoms. The Morgan fingerprint density at radius 1 is 0.935 bits per heavy atom. The van der Waals surface area contributed by atoms with Gasteiger partial charge in [-0.25, -0.2) is 9.67 Å². The highest BCUT2D eigenvalue weighted by Crippen LogP contribution is 2.22. The molecule has 1 fully saturated rings. The van der Waals surface area contributed by atoms with Gasteiger partial charge in [0.1, 0.15) is 18.2 Å². The number of aromatic nitrogens is 6. The second kappa shape index (κ2) is 15.1. The Morgan fingerprint density at radius 3 is 2.59 bits per heavy atom. The van der Waals surface area contributed by atoms with Crippen molar-refractivity contribution in [1.29, 1.82) is 0 Å². The van der Waals surface area contributed by atoms with E-state index in [1.165, 1.54) is 0 Å². The van der Waals surface area contributed by atoms with Crippen LogP contribution in [0.25, 0.3) is 0 Å². The number of nitrogens with zero attached hydrogens (tertiary/aromatic N) is 8. The highest BCUT2D eigenvalue weighted by atomic mass is 16.5. The Bertz CT molecular complexity index is 1580. The molecule has 242 valence electrons. The topological polar surface area (TPSA) is 133 Å². The van der Waals surface area contributed by atoms with Crippen LogP contribution in [0.15, 0.2) is 67.3 Å². The van der Waals surface area contributed by atoms with Crippen molar-refractivity contribution in [1.82, 2.24) is 44.9 Å². The van der Waals surface area contributed by atoms with Gasteiger partial charge in [0.15, 0.2) is 0 Å². The van der Waals surface area contributed by atoms with Crippen molar-refractivity contribution < 1.29 is 19.1 Å². The molecule has 6 heterocycles. The highest BCUT2D eigenvalue weighted by Gasteiger charge is 2.32. The third kappa shape index (κ3) is 8.34. The minimum atomic E-state index is -0.830. The molecule has 0 spiro atoms. The van der Waals surface area contributed by atoms with Gasteiger partial charge in [0, 0.05) is 70.3 Å². The normalized spacial score (nSPS) is 20.4. The van der Waals surface area contributed by atoms with Crippen LogP contribution in [0.2, 0.25) is 0 Å². The summed E-state index contributed by atoms with van der Waals surface area (Å²) in [7, 11) is 1.92. The number of rotatable bonds is 6. The number of hydrogen-bond donors (Lipinski definition) is 1. The van der Waals surface area contributed by atoms with E-state index in [0.29, 0.717) is 44.5 Å². The molecular weight excluding hydrogens is 586 g/mol. The summed E-state index contributed by atoms with van der Waals surface area (Å²) in [5.74, 6) is 0.0779. The maximum atomic E-state index is 14.0. The molecule has 1 saturated heterocycles. The van der Waals surface area contributed by atoms with E-state index in [0.717, 1.165) is 43.6 Å². The summed E-state index contributed by atoms with van der Waals surface area (Å²) in [4.78, 5) is 36.2. The first kappa shape index (κ1) is 31.4. The number of carbonyl (C=O) groups excluding carboxylic acids is 2. The maximum Gasteiger partial charge on any atom is 0.257 e. The number of pyridine rings is 1. The number of hydrogen-bond acceptors (Lipinski definition) is 9. The summed E-state index contributed by atoms with van der Waals surface area (Å²) < 4.78 is 15.4. The molecule has 3 aromatic heterocycles. The number of fused-ring (bicyclic) bond motifs is 12. The van der Waals surface area contributed by atoms with Crippen LogP contribution >= 0.6 is 0 Å². The van der Waals surface area contributed by atoms with Gasteiger partial charge in [0.05, 0.1) is 31.6 Å². The van der Waals surface area contributed by atoms with E-state index >= 15 is 0 Å². The number of ether oxygens (including phenoxy) is 2. The van der Waals surface area contributed by atoms with Crippen LogP contribution in [-0.4, -0.2) is 103 Å². The van der Waals surface area contributed by atoms with Crippen molar-refractivity contribution in [2.75, 3.05) is 46.0 Å². The lowest BCUT2D eigenvalue weighted by Gasteiger charge is -2.36. The molecule has 1 N–H and O–H groups in total. The highest BCUT2D eigenvalue weighted by molar-refractivity contribution is 5.99. The average molecular weight is 628 g/mol. The third-order valence-corrected chi connectivity index (χ3v) is 8.43. The number of amides is 2. The predicted molar refractivity (Wildman–Crippen MR) is 169 cm³/mol. The summed E-state index contributed by atoms with van der Waals surface area (Å²) in [6.45, 7) is 5.39. The second-order valence-electron chi connectivity index (χ2n) is 12.0. The molecule has 13 heteroatoms. The predicted octanol–water partition coefficient (Wildman–Crippen LogP) is 1.95. The molecule has 7 rings (SSSR count). The van der Waals surface area contributed by atoms with Gasteiger partial charge in [-0.15, -0.1) is 5.10 Å². The van der Waals surface area contributed by atoms with E-state index in [1.54, 1.807) is 23.0 Å². The summed E-state index contributed by atoms with van der Waals surface area (Å²) in [6, 6.07) is 12.5. The van der Waals surface area contributed by atoms with Crippen LogP contribution in [0.5, 0.6) is 5.88 Å². The lowest BCUT2D eigenvalue weighted by Crippen LogP contribution is -2.52. The van der Waals surface area contributed by atoms with E-state index in [4.69, 9.17) is 9.47 Å². The second-order valence-corrected chi connectivity index (χ2v) is 12.0. The van der Waals surface area contributed by atoms with Crippen molar-refractivity contribution in [2.45, 2.75) is 38.4 Å². The molecule has 0 radical (unpaired) electrons. The molecule has 13 nitrogen and oxygen atoms in total. The monoisotopic (exact) mass is 627 g/mol. The van der Waals surface area contributed by atoms with Crippen molar-refractivity contribution in [2.24, 2.45) is 13.0 Å². The first-order valence-corrected chi connectivity index (χ1v) is 15.9. The molecule has 0 saturated carbocycles. The molecule has 4 aromatic rings. The van der Waals surface area contributed by atoms with Crippen LogP contribution < -0.4 is 10.1 Å². The van der Waals surface area contributed by atoms with Crippen LogP contribution in [0.1, 0.15) is 40.0 Å². The van der Waals surface area contributed by atoms with Crippen molar-refractivity contribution in [3.8, 4) is 5.88 Å². The Hall–Kier alpha value is -4.62. The zero-order chi connectivity index (χ0) is 31.7. The lowest BCUT2D eigenvalue weighted by atomic mass is 9.95. The summed E-state index contributed by atoms with van der Waals surface area (Å²) in [6.07, 6.45) is 9.33. The zero-order valence-electron chi connectivity index (χ0n) is 26.2. The van der Waals surface area contributed by atoms with Gasteiger partial charge >= 0.3 is 0 Å². The fraction of sp³-hybridized carbons (Fsp3) is 0.455. The summed E-state index contributed by atoms with van der Waals surface area (Å²) in [5.41, 5.74) is 3.13. The van der Waals surface area contributed by atoms with E-state index < -0.39 is 11.9 Å². The summed E-state index contributed by atoms with van der Waals surface area (Å²) >= 11 is 0. The first-order chi connectivity index (χ1) is 22.5. The van der Waals surface area contributed by atoms with Gasteiger partial charge < -0.3 is 19.7 Å². The first-order valence-electron chi connectivity index (χ1n) is 15.9. The van der Waals surface area contributed by atoms with Gasteiger partial charge in [-0.1, -0.05) is 35.5 Å². The van der Waals surface area contributed by atoms with Gasteiger partial charge in [-0.05, 0) is 36.5 Å². The van der Waals surface area contributed by atoms with E-state index in [2.05, 4.69) is 30.6 Å². The van der Waals surface area contributed by atoms with Gasteiger partial charge in [0.2, 0.25) is 11.8 Å². The fourth-order valence-corrected chi connectivity index (χ4v) is 6.06. The van der Waals surface area contributed by atoms with Crippen molar-refractivity contribution >= 4 is 11.8 Å². The van der Waals surface area contributed by atoms with Crippen LogP contribution in [0, 0.1) is 5.92 Å². The van der Waals surface area contributed by atoms with Crippen LogP contribution in [0.3, 0.4) is 0 Å². The maximum absolute atomic E-state index is 14.0.